The van der Waals surface area contributed by atoms with Crippen molar-refractivity contribution in [3.8, 4) is 0 Å². The fourth-order valence-electron chi connectivity index (χ4n) is 2.38. The van der Waals surface area contributed by atoms with Crippen molar-refractivity contribution in [3.63, 3.8) is 0 Å². The van der Waals surface area contributed by atoms with Crippen LogP contribution in [0, 0.1) is 5.41 Å². The zero-order valence-electron chi connectivity index (χ0n) is 11.0. The molecule has 1 fully saturated rings. The average molecular weight is 234 g/mol. The Labute approximate surface area is 103 Å². The van der Waals surface area contributed by atoms with Crippen LogP contribution in [-0.4, -0.2) is 23.2 Å². The smallest absolute Gasteiger partial charge is 0.129 e. The highest BCUT2D eigenvalue weighted by molar-refractivity contribution is 5.44. The monoisotopic (exact) mass is 234 g/mol. The highest BCUT2D eigenvalue weighted by Crippen LogP contribution is 2.32. The van der Waals surface area contributed by atoms with Crippen molar-refractivity contribution in [2.45, 2.75) is 40.2 Å². The van der Waals surface area contributed by atoms with Crippen LogP contribution in [0.4, 0.5) is 5.82 Å². The molecule has 1 saturated heterocycles. The maximum atomic E-state index is 9.28. The van der Waals surface area contributed by atoms with E-state index in [0.29, 0.717) is 5.41 Å². The van der Waals surface area contributed by atoms with Gasteiger partial charge in [-0.25, -0.2) is 4.98 Å². The molecule has 0 spiro atoms. The molecule has 17 heavy (non-hydrogen) atoms. The Morgan fingerprint density at radius 3 is 2.71 bits per heavy atom. The highest BCUT2D eigenvalue weighted by Gasteiger charge is 2.30. The van der Waals surface area contributed by atoms with Crippen molar-refractivity contribution in [2.24, 2.45) is 5.41 Å². The first-order chi connectivity index (χ1) is 8.04. The summed E-state index contributed by atoms with van der Waals surface area (Å²) >= 11 is 0. The molecule has 1 aromatic rings. The minimum atomic E-state index is 0.0970. The van der Waals surface area contributed by atoms with E-state index < -0.39 is 0 Å². The Morgan fingerprint density at radius 1 is 1.41 bits per heavy atom. The van der Waals surface area contributed by atoms with Crippen molar-refractivity contribution < 1.29 is 5.11 Å². The van der Waals surface area contributed by atoms with Crippen molar-refractivity contribution >= 4 is 5.82 Å². The van der Waals surface area contributed by atoms with Gasteiger partial charge in [-0.2, -0.15) is 0 Å². The van der Waals surface area contributed by atoms with Gasteiger partial charge in [-0.3, -0.25) is 0 Å². The van der Waals surface area contributed by atoms with Crippen LogP contribution in [0.2, 0.25) is 0 Å². The van der Waals surface area contributed by atoms with Gasteiger partial charge in [-0.1, -0.05) is 20.8 Å². The fourth-order valence-corrected chi connectivity index (χ4v) is 2.38. The first kappa shape index (κ1) is 12.4. The lowest BCUT2D eigenvalue weighted by Crippen LogP contribution is -2.24. The molecule has 2 rings (SSSR count). The van der Waals surface area contributed by atoms with E-state index in [4.69, 9.17) is 0 Å². The van der Waals surface area contributed by atoms with Crippen LogP contribution in [0.25, 0.3) is 0 Å². The van der Waals surface area contributed by atoms with Gasteiger partial charge in [0.2, 0.25) is 0 Å². The standard InChI is InChI=1S/C14H22N2O/c1-4-12-7-11(9-17)8-13(15-12)16-6-5-14(2,3)10-16/h7-8,17H,4-6,9-10H2,1-3H3. The maximum Gasteiger partial charge on any atom is 0.129 e. The minimum Gasteiger partial charge on any atom is -0.392 e. The molecule has 3 nitrogen and oxygen atoms in total. The molecule has 2 heterocycles. The van der Waals surface area contributed by atoms with E-state index in [1.807, 2.05) is 12.1 Å². The second-order valence-corrected chi connectivity index (χ2v) is 5.67. The normalized spacial score (nSPS) is 18.7. The predicted molar refractivity (Wildman–Crippen MR) is 70.1 cm³/mol. The second kappa shape index (κ2) is 4.65. The molecule has 0 unspecified atom stereocenters. The van der Waals surface area contributed by atoms with Crippen LogP contribution < -0.4 is 4.90 Å². The van der Waals surface area contributed by atoms with Gasteiger partial charge in [0.15, 0.2) is 0 Å². The van der Waals surface area contributed by atoms with Gasteiger partial charge in [-0.05, 0) is 36.0 Å². The molecule has 3 heteroatoms. The lowest BCUT2D eigenvalue weighted by atomic mass is 9.93. The van der Waals surface area contributed by atoms with Crippen molar-refractivity contribution in [1.29, 1.82) is 0 Å². The zero-order valence-corrected chi connectivity index (χ0v) is 11.0. The summed E-state index contributed by atoms with van der Waals surface area (Å²) in [5, 5.41) is 9.28. The summed E-state index contributed by atoms with van der Waals surface area (Å²) < 4.78 is 0. The SMILES string of the molecule is CCc1cc(CO)cc(N2CCC(C)(C)C2)n1. The number of rotatable bonds is 3. The molecule has 0 aliphatic carbocycles. The zero-order chi connectivity index (χ0) is 12.5. The topological polar surface area (TPSA) is 36.4 Å². The number of aliphatic hydroxyl groups is 1. The largest absolute Gasteiger partial charge is 0.392 e. The number of hydrogen-bond acceptors (Lipinski definition) is 3. The van der Waals surface area contributed by atoms with Gasteiger partial charge in [0, 0.05) is 18.8 Å². The molecule has 0 aromatic carbocycles. The van der Waals surface area contributed by atoms with E-state index in [-0.39, 0.29) is 6.61 Å². The molecule has 0 radical (unpaired) electrons. The summed E-state index contributed by atoms with van der Waals surface area (Å²) in [7, 11) is 0. The molecule has 0 atom stereocenters. The van der Waals surface area contributed by atoms with E-state index in [2.05, 4.69) is 30.7 Å². The Balaban J connectivity index is 2.26. The average Bonchev–Trinajstić information content (AvgIpc) is 2.69. The molecule has 0 amide bonds. The second-order valence-electron chi connectivity index (χ2n) is 5.67. The van der Waals surface area contributed by atoms with Crippen LogP contribution in [-0.2, 0) is 13.0 Å². The van der Waals surface area contributed by atoms with Crippen molar-refractivity contribution in [2.75, 3.05) is 18.0 Å². The number of anilines is 1. The molecule has 1 aromatic heterocycles. The quantitative estimate of drug-likeness (QED) is 0.872. The molecule has 0 bridgehead atoms. The van der Waals surface area contributed by atoms with Gasteiger partial charge in [0.25, 0.3) is 0 Å². The summed E-state index contributed by atoms with van der Waals surface area (Å²) in [4.78, 5) is 6.99. The molecule has 1 N–H and O–H groups in total. The van der Waals surface area contributed by atoms with Crippen LogP contribution in [0.15, 0.2) is 12.1 Å². The number of aliphatic hydroxyl groups excluding tert-OH is 1. The first-order valence-corrected chi connectivity index (χ1v) is 6.40. The molecular formula is C14H22N2O. The van der Waals surface area contributed by atoms with Gasteiger partial charge < -0.3 is 10.0 Å². The van der Waals surface area contributed by atoms with Crippen LogP contribution in [0.1, 0.15) is 38.4 Å². The van der Waals surface area contributed by atoms with Crippen LogP contribution in [0.5, 0.6) is 0 Å². The number of hydrogen-bond donors (Lipinski definition) is 1. The number of aromatic nitrogens is 1. The predicted octanol–water partition coefficient (Wildman–Crippen LogP) is 2.37. The van der Waals surface area contributed by atoms with Crippen LogP contribution >= 0.6 is 0 Å². The summed E-state index contributed by atoms with van der Waals surface area (Å²) in [6, 6.07) is 4.01. The third-order valence-corrected chi connectivity index (χ3v) is 3.47. The first-order valence-electron chi connectivity index (χ1n) is 6.40. The molecular weight excluding hydrogens is 212 g/mol. The minimum absolute atomic E-state index is 0.0970. The van der Waals surface area contributed by atoms with Gasteiger partial charge in [0.05, 0.1) is 6.61 Å². The highest BCUT2D eigenvalue weighted by atomic mass is 16.3. The number of aryl methyl sites for hydroxylation is 1. The lowest BCUT2D eigenvalue weighted by molar-refractivity contribution is 0.281. The third-order valence-electron chi connectivity index (χ3n) is 3.47. The Bertz CT molecular complexity index is 379. The van der Waals surface area contributed by atoms with E-state index in [9.17, 15) is 5.11 Å². The Morgan fingerprint density at radius 2 is 2.18 bits per heavy atom. The lowest BCUT2D eigenvalue weighted by Gasteiger charge is -2.21. The summed E-state index contributed by atoms with van der Waals surface area (Å²) in [5.41, 5.74) is 2.41. The van der Waals surface area contributed by atoms with Crippen molar-refractivity contribution in [3.05, 3.63) is 23.4 Å². The van der Waals surface area contributed by atoms with E-state index in [1.54, 1.807) is 0 Å². The van der Waals surface area contributed by atoms with E-state index in [0.717, 1.165) is 36.6 Å². The summed E-state index contributed by atoms with van der Waals surface area (Å²) in [5.74, 6) is 1.03. The van der Waals surface area contributed by atoms with Gasteiger partial charge in [0.1, 0.15) is 5.82 Å². The summed E-state index contributed by atoms with van der Waals surface area (Å²) in [6.45, 7) is 8.91. The number of nitrogens with zero attached hydrogens (tertiary/aromatic N) is 2. The maximum absolute atomic E-state index is 9.28. The third kappa shape index (κ3) is 2.78. The number of pyridine rings is 1. The Hall–Kier alpha value is -1.09. The molecule has 1 aliphatic heterocycles. The molecule has 1 aliphatic rings. The van der Waals surface area contributed by atoms with Crippen molar-refractivity contribution in [1.82, 2.24) is 4.98 Å². The van der Waals surface area contributed by atoms with Gasteiger partial charge in [-0.15, -0.1) is 0 Å². The van der Waals surface area contributed by atoms with Crippen LogP contribution in [0.3, 0.4) is 0 Å². The fraction of sp³-hybridized carbons (Fsp3) is 0.643. The van der Waals surface area contributed by atoms with Gasteiger partial charge >= 0.3 is 0 Å². The molecule has 0 saturated carbocycles. The molecule has 94 valence electrons. The summed E-state index contributed by atoms with van der Waals surface area (Å²) in [6.07, 6.45) is 2.12. The van der Waals surface area contributed by atoms with E-state index in [1.165, 1.54) is 6.42 Å². The Kier molecular flexibility index (Phi) is 3.38. The van der Waals surface area contributed by atoms with E-state index >= 15 is 0 Å².